The fourth-order valence-electron chi connectivity index (χ4n) is 1.75. The summed E-state index contributed by atoms with van der Waals surface area (Å²) in [6.45, 7) is 6.99. The highest BCUT2D eigenvalue weighted by Crippen LogP contribution is 2.29. The van der Waals surface area contributed by atoms with Gasteiger partial charge in [0.1, 0.15) is 16.3 Å². The van der Waals surface area contributed by atoms with Crippen molar-refractivity contribution in [3.05, 3.63) is 29.6 Å². The first-order chi connectivity index (χ1) is 11.2. The molecule has 0 radical (unpaired) electrons. The largest absolute Gasteiger partial charge is 0.598 e. The third-order valence-electron chi connectivity index (χ3n) is 2.92. The average Bonchev–Trinajstić information content (AvgIpc) is 2.50. The van der Waals surface area contributed by atoms with Crippen LogP contribution in [0.15, 0.2) is 18.2 Å². The Morgan fingerprint density at radius 2 is 2.08 bits per heavy atom. The smallest absolute Gasteiger partial charge is 0.332 e. The van der Waals surface area contributed by atoms with E-state index >= 15 is 0 Å². The van der Waals surface area contributed by atoms with Gasteiger partial charge in [0.25, 0.3) is 0 Å². The lowest BCUT2D eigenvalue weighted by molar-refractivity contribution is -0.145. The monoisotopic (exact) mass is 361 g/mol. The number of carbonyl (C=O) groups excluding carboxylic acids is 1. The molecular weight excluding hydrogens is 337 g/mol. The summed E-state index contributed by atoms with van der Waals surface area (Å²) < 4.78 is 43.5. The summed E-state index contributed by atoms with van der Waals surface area (Å²) in [5.41, 5.74) is 0.197. The highest BCUT2D eigenvalue weighted by atomic mass is 32.2. The fraction of sp³-hybridized carbons (Fsp3) is 0.562. The Balaban J connectivity index is 3.22. The minimum absolute atomic E-state index is 0.0729. The van der Waals surface area contributed by atoms with Crippen LogP contribution in [0.5, 0.6) is 5.75 Å². The van der Waals surface area contributed by atoms with Gasteiger partial charge in [0.05, 0.1) is 6.61 Å². The number of methoxy groups -OCH3 is 1. The van der Waals surface area contributed by atoms with Crippen molar-refractivity contribution in [1.29, 1.82) is 0 Å². The molecule has 6 nitrogen and oxygen atoms in total. The van der Waals surface area contributed by atoms with Gasteiger partial charge in [0.15, 0.2) is 12.8 Å². The number of hydrogen-bond donors (Lipinski definition) is 1. The second kappa shape index (κ2) is 9.22. The van der Waals surface area contributed by atoms with Gasteiger partial charge in [-0.2, -0.15) is 0 Å². The van der Waals surface area contributed by atoms with Crippen LogP contribution in [0.4, 0.5) is 4.39 Å². The number of hydrogen-bond acceptors (Lipinski definition) is 6. The van der Waals surface area contributed by atoms with Gasteiger partial charge in [-0.05, 0) is 45.9 Å². The van der Waals surface area contributed by atoms with E-state index in [4.69, 9.17) is 14.2 Å². The van der Waals surface area contributed by atoms with Crippen molar-refractivity contribution in [3.8, 4) is 5.75 Å². The predicted molar refractivity (Wildman–Crippen MR) is 89.3 cm³/mol. The quantitative estimate of drug-likeness (QED) is 0.435. The molecular formula is C16H24FNO5S. The van der Waals surface area contributed by atoms with Crippen LogP contribution in [-0.4, -0.2) is 35.8 Å². The van der Waals surface area contributed by atoms with E-state index in [-0.39, 0.29) is 24.7 Å². The van der Waals surface area contributed by atoms with Crippen molar-refractivity contribution in [2.75, 3.05) is 20.5 Å². The van der Waals surface area contributed by atoms with Gasteiger partial charge >= 0.3 is 5.97 Å². The first-order valence-electron chi connectivity index (χ1n) is 7.46. The maximum absolute atomic E-state index is 13.7. The van der Waals surface area contributed by atoms with Gasteiger partial charge in [0.2, 0.25) is 0 Å². The molecule has 1 aromatic carbocycles. The molecule has 0 aliphatic carbocycles. The number of benzene rings is 1. The molecule has 1 aromatic rings. The molecule has 0 aromatic heterocycles. The maximum Gasteiger partial charge on any atom is 0.332 e. The number of halogens is 1. The van der Waals surface area contributed by atoms with Crippen LogP contribution in [0, 0.1) is 5.82 Å². The van der Waals surface area contributed by atoms with Gasteiger partial charge in [-0.3, -0.25) is 0 Å². The fourth-order valence-corrected chi connectivity index (χ4v) is 2.54. The van der Waals surface area contributed by atoms with Crippen LogP contribution in [0.3, 0.4) is 0 Å². The number of rotatable bonds is 8. The Morgan fingerprint density at radius 3 is 2.62 bits per heavy atom. The molecule has 1 rings (SSSR count). The van der Waals surface area contributed by atoms with Crippen LogP contribution in [0.2, 0.25) is 0 Å². The molecule has 136 valence electrons. The molecule has 0 fully saturated rings. The van der Waals surface area contributed by atoms with Crippen molar-refractivity contribution in [2.24, 2.45) is 0 Å². The number of ether oxygens (including phenoxy) is 3. The minimum Gasteiger partial charge on any atom is -0.598 e. The molecule has 8 heteroatoms. The molecule has 0 amide bonds. The number of carbonyl (C=O) groups is 1. The third kappa shape index (κ3) is 5.94. The molecule has 0 aliphatic heterocycles. The van der Waals surface area contributed by atoms with Crippen LogP contribution in [0.1, 0.15) is 39.3 Å². The van der Waals surface area contributed by atoms with Crippen molar-refractivity contribution < 1.29 is 27.9 Å². The molecule has 0 unspecified atom stereocenters. The summed E-state index contributed by atoms with van der Waals surface area (Å²) >= 11 is -1.57. The van der Waals surface area contributed by atoms with Gasteiger partial charge in [-0.15, -0.1) is 4.72 Å². The first kappa shape index (κ1) is 20.7. The Bertz CT molecular complexity index is 550. The molecule has 0 saturated heterocycles. The minimum atomic E-state index is -1.57. The highest BCUT2D eigenvalue weighted by molar-refractivity contribution is 7.90. The van der Waals surface area contributed by atoms with E-state index in [2.05, 4.69) is 4.72 Å². The normalized spacial score (nSPS) is 14.1. The Labute approximate surface area is 145 Å². The highest BCUT2D eigenvalue weighted by Gasteiger charge is 2.35. The SMILES string of the molecule is CCOC(=O)[C@H](N[S@+]([O-])C(C)(C)C)c1cc(F)ccc1OCOC. The van der Waals surface area contributed by atoms with E-state index in [1.54, 1.807) is 27.7 Å². The van der Waals surface area contributed by atoms with Crippen LogP contribution >= 0.6 is 0 Å². The summed E-state index contributed by atoms with van der Waals surface area (Å²) in [6.07, 6.45) is 0. The van der Waals surface area contributed by atoms with Gasteiger partial charge in [-0.25, -0.2) is 9.18 Å². The molecule has 0 saturated carbocycles. The molecule has 0 spiro atoms. The van der Waals surface area contributed by atoms with E-state index in [0.29, 0.717) is 0 Å². The summed E-state index contributed by atoms with van der Waals surface area (Å²) in [7, 11) is 1.44. The van der Waals surface area contributed by atoms with Crippen molar-refractivity contribution in [1.82, 2.24) is 4.72 Å². The lowest BCUT2D eigenvalue weighted by Crippen LogP contribution is -2.44. The molecule has 24 heavy (non-hydrogen) atoms. The summed E-state index contributed by atoms with van der Waals surface area (Å²) in [5.74, 6) is -0.968. The number of nitrogens with one attached hydrogen (secondary N) is 1. The molecule has 0 aliphatic rings. The Kier molecular flexibility index (Phi) is 7.95. The van der Waals surface area contributed by atoms with Crippen molar-refractivity contribution >= 4 is 17.3 Å². The van der Waals surface area contributed by atoms with E-state index in [9.17, 15) is 13.7 Å². The lowest BCUT2D eigenvalue weighted by Gasteiger charge is -2.27. The van der Waals surface area contributed by atoms with Crippen molar-refractivity contribution in [3.63, 3.8) is 0 Å². The van der Waals surface area contributed by atoms with E-state index in [1.807, 2.05) is 0 Å². The first-order valence-corrected chi connectivity index (χ1v) is 8.61. The second-order valence-electron chi connectivity index (χ2n) is 5.92. The van der Waals surface area contributed by atoms with Gasteiger partial charge in [-0.1, -0.05) is 0 Å². The average molecular weight is 361 g/mol. The zero-order valence-corrected chi connectivity index (χ0v) is 15.4. The molecule has 0 bridgehead atoms. The van der Waals surface area contributed by atoms with Crippen LogP contribution < -0.4 is 9.46 Å². The standard InChI is InChI=1S/C16H24FNO5S/c1-6-22-15(19)14(18-24(20)16(2,3)4)12-9-11(17)7-8-13(12)23-10-21-5/h7-9,14,18H,6,10H2,1-5H3/t14-,24-/m1/s1. The predicted octanol–water partition coefficient (Wildman–Crippen LogP) is 2.46. The van der Waals surface area contributed by atoms with Crippen LogP contribution in [0.25, 0.3) is 0 Å². The maximum atomic E-state index is 13.7. The third-order valence-corrected chi connectivity index (χ3v) is 4.48. The second-order valence-corrected chi connectivity index (χ2v) is 7.91. The van der Waals surface area contributed by atoms with E-state index < -0.39 is 33.9 Å². The Hall–Kier alpha value is -1.35. The summed E-state index contributed by atoms with van der Waals surface area (Å²) in [6, 6.07) is 2.61. The van der Waals surface area contributed by atoms with Gasteiger partial charge < -0.3 is 18.8 Å². The van der Waals surface area contributed by atoms with E-state index in [1.165, 1.54) is 19.2 Å². The Morgan fingerprint density at radius 1 is 1.42 bits per heavy atom. The number of esters is 1. The summed E-state index contributed by atoms with van der Waals surface area (Å²) in [4.78, 5) is 12.3. The zero-order valence-electron chi connectivity index (χ0n) is 14.6. The lowest BCUT2D eigenvalue weighted by atomic mass is 10.1. The summed E-state index contributed by atoms with van der Waals surface area (Å²) in [5, 5.41) is 0. The van der Waals surface area contributed by atoms with Crippen molar-refractivity contribution in [2.45, 2.75) is 38.5 Å². The topological polar surface area (TPSA) is 79.9 Å². The molecule has 1 N–H and O–H groups in total. The van der Waals surface area contributed by atoms with Gasteiger partial charge in [0, 0.05) is 24.0 Å². The van der Waals surface area contributed by atoms with Crippen LogP contribution in [-0.2, 0) is 25.6 Å². The van der Waals surface area contributed by atoms with E-state index in [0.717, 1.165) is 6.07 Å². The molecule has 2 atom stereocenters. The molecule has 0 heterocycles. The zero-order chi connectivity index (χ0) is 18.3.